The fraction of sp³-hybridized carbons (Fsp3) is 0.500. The van der Waals surface area contributed by atoms with E-state index in [0.717, 1.165) is 6.42 Å². The molecule has 16 heavy (non-hydrogen) atoms. The van der Waals surface area contributed by atoms with Gasteiger partial charge in [0, 0.05) is 0 Å². The standard InChI is InChI=1S/C16H24/c1-4-6-7-11-14(3)16-13-9-8-12-15(16)10-5-2/h8-9,12-13H,3-7,10-11H2,1-2H3. The maximum Gasteiger partial charge on any atom is -0.0198 e. The van der Waals surface area contributed by atoms with Crippen molar-refractivity contribution >= 4 is 5.57 Å². The van der Waals surface area contributed by atoms with Gasteiger partial charge in [-0.1, -0.05) is 64.0 Å². The van der Waals surface area contributed by atoms with Gasteiger partial charge in [0.15, 0.2) is 0 Å². The van der Waals surface area contributed by atoms with Crippen molar-refractivity contribution in [3.8, 4) is 0 Å². The van der Waals surface area contributed by atoms with Gasteiger partial charge in [0.25, 0.3) is 0 Å². The molecule has 0 heteroatoms. The first-order valence-corrected chi connectivity index (χ1v) is 6.55. The molecule has 1 aromatic rings. The van der Waals surface area contributed by atoms with Gasteiger partial charge in [0.1, 0.15) is 0 Å². The van der Waals surface area contributed by atoms with Crippen molar-refractivity contribution in [3.63, 3.8) is 0 Å². The summed E-state index contributed by atoms with van der Waals surface area (Å²) in [6.07, 6.45) is 7.39. The van der Waals surface area contributed by atoms with E-state index in [1.54, 1.807) is 0 Å². The Bertz CT molecular complexity index is 323. The minimum absolute atomic E-state index is 1.15. The summed E-state index contributed by atoms with van der Waals surface area (Å²) in [4.78, 5) is 0. The van der Waals surface area contributed by atoms with Gasteiger partial charge in [-0.05, 0) is 36.0 Å². The molecule has 1 rings (SSSR count). The molecule has 0 aromatic heterocycles. The Morgan fingerprint density at radius 1 is 1.06 bits per heavy atom. The molecule has 0 bridgehead atoms. The molecule has 0 amide bonds. The fourth-order valence-electron chi connectivity index (χ4n) is 2.08. The van der Waals surface area contributed by atoms with Crippen molar-refractivity contribution < 1.29 is 0 Å². The van der Waals surface area contributed by atoms with Gasteiger partial charge in [0.05, 0.1) is 0 Å². The van der Waals surface area contributed by atoms with E-state index in [4.69, 9.17) is 0 Å². The molecule has 0 unspecified atom stereocenters. The number of hydrogen-bond acceptors (Lipinski definition) is 0. The van der Waals surface area contributed by atoms with Crippen molar-refractivity contribution in [3.05, 3.63) is 42.0 Å². The highest BCUT2D eigenvalue weighted by molar-refractivity contribution is 5.66. The number of hydrogen-bond donors (Lipinski definition) is 0. The van der Waals surface area contributed by atoms with E-state index < -0.39 is 0 Å². The van der Waals surface area contributed by atoms with E-state index in [1.165, 1.54) is 48.8 Å². The van der Waals surface area contributed by atoms with Gasteiger partial charge in [0.2, 0.25) is 0 Å². The third-order valence-electron chi connectivity index (χ3n) is 3.00. The molecule has 0 aliphatic carbocycles. The van der Waals surface area contributed by atoms with Crippen LogP contribution in [0.25, 0.3) is 5.57 Å². The van der Waals surface area contributed by atoms with Gasteiger partial charge >= 0.3 is 0 Å². The number of unbranched alkanes of at least 4 members (excludes halogenated alkanes) is 2. The predicted octanol–water partition coefficient (Wildman–Crippen LogP) is 5.23. The zero-order valence-corrected chi connectivity index (χ0v) is 10.8. The quantitative estimate of drug-likeness (QED) is 0.547. The maximum atomic E-state index is 4.24. The molecule has 0 heterocycles. The lowest BCUT2D eigenvalue weighted by Crippen LogP contribution is -1.92. The molecule has 0 aliphatic heterocycles. The summed E-state index contributed by atoms with van der Waals surface area (Å²) in [5.41, 5.74) is 4.17. The zero-order valence-electron chi connectivity index (χ0n) is 10.8. The second-order valence-corrected chi connectivity index (χ2v) is 4.47. The second-order valence-electron chi connectivity index (χ2n) is 4.47. The lowest BCUT2D eigenvalue weighted by molar-refractivity contribution is 0.735. The molecular formula is C16H24. The Labute approximate surface area is 100 Å². The summed E-state index contributed by atoms with van der Waals surface area (Å²) >= 11 is 0. The summed E-state index contributed by atoms with van der Waals surface area (Å²) in [5, 5.41) is 0. The van der Waals surface area contributed by atoms with Crippen LogP contribution in [-0.2, 0) is 6.42 Å². The van der Waals surface area contributed by atoms with Crippen molar-refractivity contribution in [2.75, 3.05) is 0 Å². The third kappa shape index (κ3) is 3.84. The third-order valence-corrected chi connectivity index (χ3v) is 3.00. The molecule has 1 aromatic carbocycles. The molecule has 0 atom stereocenters. The Morgan fingerprint density at radius 2 is 1.81 bits per heavy atom. The highest BCUT2D eigenvalue weighted by atomic mass is 14.1. The largest absolute Gasteiger partial charge is 0.0952 e. The Balaban J connectivity index is 2.66. The van der Waals surface area contributed by atoms with Gasteiger partial charge in [-0.2, -0.15) is 0 Å². The van der Waals surface area contributed by atoms with Crippen LogP contribution in [0.1, 0.15) is 57.1 Å². The fourth-order valence-corrected chi connectivity index (χ4v) is 2.08. The first-order chi connectivity index (χ1) is 7.79. The van der Waals surface area contributed by atoms with Gasteiger partial charge in [-0.3, -0.25) is 0 Å². The molecule has 0 saturated heterocycles. The summed E-state index contributed by atoms with van der Waals surface area (Å²) in [6.45, 7) is 8.72. The van der Waals surface area contributed by atoms with Crippen molar-refractivity contribution in [1.82, 2.24) is 0 Å². The van der Waals surface area contributed by atoms with Gasteiger partial charge < -0.3 is 0 Å². The number of aryl methyl sites for hydroxylation is 1. The van der Waals surface area contributed by atoms with Crippen LogP contribution in [0.15, 0.2) is 30.8 Å². The highest BCUT2D eigenvalue weighted by Crippen LogP contribution is 2.23. The summed E-state index contributed by atoms with van der Waals surface area (Å²) < 4.78 is 0. The molecule has 0 aliphatic rings. The van der Waals surface area contributed by atoms with Gasteiger partial charge in [-0.15, -0.1) is 0 Å². The highest BCUT2D eigenvalue weighted by Gasteiger charge is 2.04. The van der Waals surface area contributed by atoms with Crippen LogP contribution < -0.4 is 0 Å². The second kappa shape index (κ2) is 7.27. The molecule has 0 spiro atoms. The van der Waals surface area contributed by atoms with Crippen LogP contribution in [0, 0.1) is 0 Å². The van der Waals surface area contributed by atoms with Crippen LogP contribution in [0.5, 0.6) is 0 Å². The van der Waals surface area contributed by atoms with Gasteiger partial charge in [-0.25, -0.2) is 0 Å². The number of rotatable bonds is 7. The summed E-state index contributed by atoms with van der Waals surface area (Å²) in [7, 11) is 0. The smallest absolute Gasteiger partial charge is 0.0198 e. The first-order valence-electron chi connectivity index (χ1n) is 6.55. The maximum absolute atomic E-state index is 4.24. The molecule has 0 radical (unpaired) electrons. The normalized spacial score (nSPS) is 10.4. The van der Waals surface area contributed by atoms with E-state index in [9.17, 15) is 0 Å². The van der Waals surface area contributed by atoms with E-state index in [2.05, 4.69) is 44.7 Å². The first kappa shape index (κ1) is 13.0. The Morgan fingerprint density at radius 3 is 2.50 bits per heavy atom. The van der Waals surface area contributed by atoms with Crippen molar-refractivity contribution in [2.24, 2.45) is 0 Å². The Hall–Kier alpha value is -1.04. The summed E-state index contributed by atoms with van der Waals surface area (Å²) in [6, 6.07) is 8.72. The predicted molar refractivity (Wildman–Crippen MR) is 73.6 cm³/mol. The zero-order chi connectivity index (χ0) is 11.8. The van der Waals surface area contributed by atoms with Crippen LogP contribution in [0.4, 0.5) is 0 Å². The van der Waals surface area contributed by atoms with E-state index >= 15 is 0 Å². The average molecular weight is 216 g/mol. The van der Waals surface area contributed by atoms with Crippen LogP contribution in [-0.4, -0.2) is 0 Å². The lowest BCUT2D eigenvalue weighted by atomic mass is 9.94. The molecule has 0 saturated carbocycles. The Kier molecular flexibility index (Phi) is 5.92. The SMILES string of the molecule is C=C(CCCCC)c1ccccc1CCC. The molecular weight excluding hydrogens is 192 g/mol. The van der Waals surface area contributed by atoms with E-state index in [0.29, 0.717) is 0 Å². The van der Waals surface area contributed by atoms with Crippen LogP contribution >= 0.6 is 0 Å². The van der Waals surface area contributed by atoms with E-state index in [1.807, 2.05) is 0 Å². The minimum Gasteiger partial charge on any atom is -0.0952 e. The van der Waals surface area contributed by atoms with E-state index in [-0.39, 0.29) is 0 Å². The van der Waals surface area contributed by atoms with Crippen molar-refractivity contribution in [2.45, 2.75) is 52.4 Å². The number of benzene rings is 1. The minimum atomic E-state index is 1.15. The summed E-state index contributed by atoms with van der Waals surface area (Å²) in [5.74, 6) is 0. The van der Waals surface area contributed by atoms with Crippen molar-refractivity contribution in [1.29, 1.82) is 0 Å². The van der Waals surface area contributed by atoms with Crippen LogP contribution in [0.2, 0.25) is 0 Å². The average Bonchev–Trinajstić information content (AvgIpc) is 2.30. The number of allylic oxidation sites excluding steroid dienone is 1. The molecule has 0 N–H and O–H groups in total. The molecule has 0 nitrogen and oxygen atoms in total. The molecule has 0 fully saturated rings. The lowest BCUT2D eigenvalue weighted by Gasteiger charge is -2.11. The molecule has 88 valence electrons. The van der Waals surface area contributed by atoms with Crippen LogP contribution in [0.3, 0.4) is 0 Å². The monoisotopic (exact) mass is 216 g/mol. The topological polar surface area (TPSA) is 0 Å².